The average Bonchev–Trinajstić information content (AvgIpc) is 2.70. The molecule has 1 fully saturated rings. The zero-order valence-electron chi connectivity index (χ0n) is 11.5. The Hall–Kier alpha value is -0.900. The molecule has 1 aromatic rings. The molecular weight excluding hydrogens is 226 g/mol. The van der Waals surface area contributed by atoms with Gasteiger partial charge >= 0.3 is 0 Å². The van der Waals surface area contributed by atoms with Gasteiger partial charge in [-0.05, 0) is 43.9 Å². The second kappa shape index (κ2) is 5.39. The molecule has 2 rings (SSSR count). The van der Waals surface area contributed by atoms with Crippen molar-refractivity contribution in [2.75, 3.05) is 13.2 Å². The van der Waals surface area contributed by atoms with Crippen LogP contribution in [0, 0.1) is 0 Å². The molecule has 1 heterocycles. The van der Waals surface area contributed by atoms with Crippen molar-refractivity contribution in [3.05, 3.63) is 35.4 Å². The number of hydrogen-bond acceptors (Lipinski definition) is 3. The first-order valence-electron chi connectivity index (χ1n) is 6.63. The van der Waals surface area contributed by atoms with E-state index >= 15 is 0 Å². The number of ether oxygens (including phenoxy) is 2. The number of rotatable bonds is 4. The predicted molar refractivity (Wildman–Crippen MR) is 72.4 cm³/mol. The van der Waals surface area contributed by atoms with Gasteiger partial charge in [0, 0.05) is 0 Å². The van der Waals surface area contributed by atoms with Gasteiger partial charge < -0.3 is 15.2 Å². The van der Waals surface area contributed by atoms with Gasteiger partial charge in [0.1, 0.15) is 6.10 Å². The lowest BCUT2D eigenvalue weighted by molar-refractivity contribution is -0.139. The lowest BCUT2D eigenvalue weighted by Gasteiger charge is -2.18. The Bertz CT molecular complexity index is 403. The zero-order valence-corrected chi connectivity index (χ0v) is 11.5. The number of hydrogen-bond donors (Lipinski definition) is 1. The summed E-state index contributed by atoms with van der Waals surface area (Å²) in [4.78, 5) is 0. The molecule has 0 spiro atoms. The fourth-order valence-electron chi connectivity index (χ4n) is 2.33. The summed E-state index contributed by atoms with van der Waals surface area (Å²) in [5, 5.41) is 0. The molecule has 3 heteroatoms. The fraction of sp³-hybridized carbons (Fsp3) is 0.600. The van der Waals surface area contributed by atoms with Crippen LogP contribution in [0.1, 0.15) is 50.3 Å². The van der Waals surface area contributed by atoms with Crippen molar-refractivity contribution >= 4 is 0 Å². The largest absolute Gasteiger partial charge is 0.347 e. The molecule has 1 aromatic carbocycles. The normalized spacial score (nSPS) is 24.1. The third kappa shape index (κ3) is 3.10. The molecule has 2 atom stereocenters. The molecule has 100 valence electrons. The number of benzene rings is 1. The van der Waals surface area contributed by atoms with Crippen LogP contribution >= 0.6 is 0 Å². The van der Waals surface area contributed by atoms with E-state index in [9.17, 15) is 0 Å². The van der Waals surface area contributed by atoms with E-state index in [0.29, 0.717) is 12.5 Å². The van der Waals surface area contributed by atoms with Gasteiger partial charge in [-0.2, -0.15) is 0 Å². The maximum absolute atomic E-state index is 5.88. The van der Waals surface area contributed by atoms with E-state index in [0.717, 1.165) is 13.0 Å². The van der Waals surface area contributed by atoms with Crippen LogP contribution in [0.5, 0.6) is 0 Å². The minimum atomic E-state index is -0.469. The van der Waals surface area contributed by atoms with Gasteiger partial charge in [0.2, 0.25) is 0 Å². The summed E-state index contributed by atoms with van der Waals surface area (Å²) in [6.45, 7) is 7.47. The van der Waals surface area contributed by atoms with E-state index in [4.69, 9.17) is 15.2 Å². The zero-order chi connectivity index (χ0) is 13.2. The first-order chi connectivity index (χ1) is 8.52. The second-order valence-electron chi connectivity index (χ2n) is 5.47. The molecule has 18 heavy (non-hydrogen) atoms. The highest BCUT2D eigenvalue weighted by atomic mass is 16.7. The maximum Gasteiger partial charge on any atom is 0.163 e. The molecule has 1 saturated heterocycles. The lowest BCUT2D eigenvalue weighted by atomic mass is 9.95. The minimum absolute atomic E-state index is 0.0463. The lowest BCUT2D eigenvalue weighted by Crippen LogP contribution is -2.19. The summed E-state index contributed by atoms with van der Waals surface area (Å²) in [6.07, 6.45) is 1.06. The van der Waals surface area contributed by atoms with Crippen LogP contribution in [0.25, 0.3) is 0 Å². The highest BCUT2D eigenvalue weighted by Crippen LogP contribution is 2.33. The second-order valence-corrected chi connectivity index (χ2v) is 5.47. The molecule has 0 saturated carbocycles. The predicted octanol–water partition coefficient (Wildman–Crippen LogP) is 2.96. The van der Waals surface area contributed by atoms with Gasteiger partial charge in [-0.25, -0.2) is 0 Å². The van der Waals surface area contributed by atoms with E-state index in [1.165, 1.54) is 11.1 Å². The van der Waals surface area contributed by atoms with Crippen molar-refractivity contribution in [1.29, 1.82) is 0 Å². The monoisotopic (exact) mass is 249 g/mol. The van der Waals surface area contributed by atoms with Gasteiger partial charge in [-0.1, -0.05) is 31.2 Å². The van der Waals surface area contributed by atoms with Gasteiger partial charge in [-0.3, -0.25) is 0 Å². The smallest absolute Gasteiger partial charge is 0.163 e. The Morgan fingerprint density at radius 1 is 1.44 bits per heavy atom. The van der Waals surface area contributed by atoms with Crippen molar-refractivity contribution in [3.63, 3.8) is 0 Å². The molecule has 2 unspecified atom stereocenters. The molecule has 0 bridgehead atoms. The van der Waals surface area contributed by atoms with Crippen LogP contribution in [-0.4, -0.2) is 18.9 Å². The van der Waals surface area contributed by atoms with Crippen LogP contribution in [0.4, 0.5) is 0 Å². The first-order valence-corrected chi connectivity index (χ1v) is 6.63. The van der Waals surface area contributed by atoms with E-state index in [-0.39, 0.29) is 6.10 Å². The summed E-state index contributed by atoms with van der Waals surface area (Å²) < 4.78 is 11.5. The third-order valence-corrected chi connectivity index (χ3v) is 3.46. The SMILES string of the molecule is CC(CCN)c1cccc(C2COC(C)(C)O2)c1. The van der Waals surface area contributed by atoms with Crippen molar-refractivity contribution in [2.24, 2.45) is 5.73 Å². The molecule has 1 aliphatic heterocycles. The van der Waals surface area contributed by atoms with Gasteiger partial charge in [0.25, 0.3) is 0 Å². The molecule has 0 aromatic heterocycles. The topological polar surface area (TPSA) is 44.5 Å². The van der Waals surface area contributed by atoms with E-state index in [2.05, 4.69) is 31.2 Å². The summed E-state index contributed by atoms with van der Waals surface area (Å²) in [7, 11) is 0. The van der Waals surface area contributed by atoms with Crippen molar-refractivity contribution in [1.82, 2.24) is 0 Å². The summed E-state index contributed by atoms with van der Waals surface area (Å²) in [5.41, 5.74) is 8.14. The Balaban J connectivity index is 2.13. The highest BCUT2D eigenvalue weighted by molar-refractivity contribution is 5.28. The summed E-state index contributed by atoms with van der Waals surface area (Å²) in [5.74, 6) is 0.0223. The van der Waals surface area contributed by atoms with Crippen LogP contribution in [0.3, 0.4) is 0 Å². The van der Waals surface area contributed by atoms with Crippen LogP contribution < -0.4 is 5.73 Å². The highest BCUT2D eigenvalue weighted by Gasteiger charge is 2.33. The van der Waals surface area contributed by atoms with E-state index < -0.39 is 5.79 Å². The summed E-state index contributed by atoms with van der Waals surface area (Å²) >= 11 is 0. The van der Waals surface area contributed by atoms with Gasteiger partial charge in [0.15, 0.2) is 5.79 Å². The Morgan fingerprint density at radius 3 is 2.83 bits per heavy atom. The molecule has 3 nitrogen and oxygen atoms in total. The van der Waals surface area contributed by atoms with Crippen LogP contribution in [0.2, 0.25) is 0 Å². The molecular formula is C15H23NO2. The number of nitrogens with two attached hydrogens (primary N) is 1. The molecule has 0 aliphatic carbocycles. The molecule has 0 amide bonds. The van der Waals surface area contributed by atoms with Gasteiger partial charge in [-0.15, -0.1) is 0 Å². The van der Waals surface area contributed by atoms with Crippen molar-refractivity contribution in [2.45, 2.75) is 45.0 Å². The molecule has 1 aliphatic rings. The minimum Gasteiger partial charge on any atom is -0.347 e. The van der Waals surface area contributed by atoms with Crippen LogP contribution in [-0.2, 0) is 9.47 Å². The third-order valence-electron chi connectivity index (χ3n) is 3.46. The molecule has 2 N–H and O–H groups in total. The quantitative estimate of drug-likeness (QED) is 0.892. The average molecular weight is 249 g/mol. The van der Waals surface area contributed by atoms with E-state index in [1.807, 2.05) is 13.8 Å². The fourth-order valence-corrected chi connectivity index (χ4v) is 2.33. The Labute approximate surface area is 109 Å². The Morgan fingerprint density at radius 2 is 2.22 bits per heavy atom. The van der Waals surface area contributed by atoms with Crippen LogP contribution in [0.15, 0.2) is 24.3 Å². The maximum atomic E-state index is 5.88. The van der Waals surface area contributed by atoms with Gasteiger partial charge in [0.05, 0.1) is 6.61 Å². The van der Waals surface area contributed by atoms with E-state index in [1.54, 1.807) is 0 Å². The standard InChI is InChI=1S/C15H23NO2/c1-11(7-8-16)12-5-4-6-13(9-12)14-10-17-15(2,3)18-14/h4-6,9,11,14H,7-8,10,16H2,1-3H3. The van der Waals surface area contributed by atoms with Crippen molar-refractivity contribution < 1.29 is 9.47 Å². The van der Waals surface area contributed by atoms with Crippen molar-refractivity contribution in [3.8, 4) is 0 Å². The first kappa shape index (κ1) is 13.5. The summed E-state index contributed by atoms with van der Waals surface area (Å²) in [6, 6.07) is 8.57. The Kier molecular flexibility index (Phi) is 4.05. The molecule has 0 radical (unpaired) electrons.